The highest BCUT2D eigenvalue weighted by atomic mass is 19.1. The van der Waals surface area contributed by atoms with Crippen LogP contribution < -0.4 is 4.90 Å². The Bertz CT molecular complexity index is 1550. The second-order valence-electron chi connectivity index (χ2n) is 11.3. The van der Waals surface area contributed by atoms with Gasteiger partial charge in [0.2, 0.25) is 5.91 Å². The third-order valence-electron chi connectivity index (χ3n) is 8.19. The highest BCUT2D eigenvalue weighted by Gasteiger charge is 2.49. The minimum Gasteiger partial charge on any atom is -0.504 e. The molecular weight excluding hydrogens is 483 g/mol. The van der Waals surface area contributed by atoms with Crippen molar-refractivity contribution in [2.24, 2.45) is 5.41 Å². The van der Waals surface area contributed by atoms with Gasteiger partial charge in [-0.05, 0) is 43.4 Å². The van der Waals surface area contributed by atoms with Crippen LogP contribution in [0.2, 0.25) is 0 Å². The second kappa shape index (κ2) is 8.53. The smallest absolute Gasteiger partial charge is 0.245 e. The summed E-state index contributed by atoms with van der Waals surface area (Å²) < 4.78 is 21.2. The first kappa shape index (κ1) is 24.4. The SMILES string of the molecule is C=CC(=O)N1CC2(CCN(c3nc4c(c(-c5cc(F)c(O)c6ccccc56)c3C#N)COC(C)(C)C4)C2)C1. The molecule has 4 heterocycles. The Morgan fingerprint density at radius 1 is 1.26 bits per heavy atom. The van der Waals surface area contributed by atoms with Gasteiger partial charge in [-0.3, -0.25) is 4.79 Å². The molecule has 38 heavy (non-hydrogen) atoms. The fourth-order valence-electron chi connectivity index (χ4n) is 6.27. The summed E-state index contributed by atoms with van der Waals surface area (Å²) >= 11 is 0. The highest BCUT2D eigenvalue weighted by molar-refractivity contribution is 6.02. The topological polar surface area (TPSA) is 89.7 Å². The number of fused-ring (bicyclic) bond motifs is 2. The Morgan fingerprint density at radius 2 is 2.00 bits per heavy atom. The normalized spacial score (nSPS) is 19.2. The first-order chi connectivity index (χ1) is 18.1. The fourth-order valence-corrected chi connectivity index (χ4v) is 6.27. The number of nitriles is 1. The van der Waals surface area contributed by atoms with E-state index in [-0.39, 0.29) is 17.9 Å². The number of benzene rings is 2. The summed E-state index contributed by atoms with van der Waals surface area (Å²) in [4.78, 5) is 21.0. The van der Waals surface area contributed by atoms with Gasteiger partial charge in [-0.1, -0.05) is 30.8 Å². The minimum atomic E-state index is -0.742. The van der Waals surface area contributed by atoms with Crippen molar-refractivity contribution in [2.75, 3.05) is 31.1 Å². The summed E-state index contributed by atoms with van der Waals surface area (Å²) in [7, 11) is 0. The van der Waals surface area contributed by atoms with Gasteiger partial charge in [0.25, 0.3) is 0 Å². The number of anilines is 1. The first-order valence-corrected chi connectivity index (χ1v) is 12.8. The molecule has 0 radical (unpaired) electrons. The lowest BCUT2D eigenvalue weighted by Crippen LogP contribution is -2.59. The summed E-state index contributed by atoms with van der Waals surface area (Å²) in [5.41, 5.74) is 2.66. The van der Waals surface area contributed by atoms with Crippen molar-refractivity contribution in [2.45, 2.75) is 38.9 Å². The van der Waals surface area contributed by atoms with Crippen LogP contribution in [-0.2, 0) is 22.6 Å². The third kappa shape index (κ3) is 3.72. The van der Waals surface area contributed by atoms with E-state index < -0.39 is 17.2 Å². The molecule has 194 valence electrons. The van der Waals surface area contributed by atoms with Crippen LogP contribution in [0.1, 0.15) is 37.1 Å². The van der Waals surface area contributed by atoms with E-state index in [1.807, 2.05) is 26.0 Å². The molecule has 3 aromatic rings. The predicted molar refractivity (Wildman–Crippen MR) is 142 cm³/mol. The van der Waals surface area contributed by atoms with Crippen LogP contribution in [0.15, 0.2) is 43.0 Å². The lowest BCUT2D eigenvalue weighted by molar-refractivity contribution is -0.136. The van der Waals surface area contributed by atoms with Crippen LogP contribution in [-0.4, -0.2) is 52.7 Å². The number of hydrogen-bond donors (Lipinski definition) is 1. The number of likely N-dealkylation sites (tertiary alicyclic amines) is 1. The lowest BCUT2D eigenvalue weighted by atomic mass is 9.79. The van der Waals surface area contributed by atoms with E-state index in [1.165, 1.54) is 12.1 Å². The molecule has 0 atom stereocenters. The summed E-state index contributed by atoms with van der Waals surface area (Å²) in [5, 5.41) is 22.0. The molecule has 2 saturated heterocycles. The molecule has 2 fully saturated rings. The van der Waals surface area contributed by atoms with Crippen molar-refractivity contribution in [3.05, 3.63) is 65.6 Å². The maximum atomic E-state index is 15.0. The molecular formula is C30H29FN4O3. The van der Waals surface area contributed by atoms with Gasteiger partial charge in [0.1, 0.15) is 17.5 Å². The van der Waals surface area contributed by atoms with Crippen LogP contribution in [0.25, 0.3) is 21.9 Å². The van der Waals surface area contributed by atoms with Gasteiger partial charge in [0.15, 0.2) is 11.6 Å². The number of aromatic hydroxyl groups is 1. The molecule has 6 rings (SSSR count). The highest BCUT2D eigenvalue weighted by Crippen LogP contribution is 2.46. The zero-order chi connectivity index (χ0) is 26.8. The zero-order valence-corrected chi connectivity index (χ0v) is 21.6. The number of halogens is 1. The van der Waals surface area contributed by atoms with Gasteiger partial charge in [0, 0.05) is 54.5 Å². The maximum absolute atomic E-state index is 15.0. The summed E-state index contributed by atoms with van der Waals surface area (Å²) in [5.74, 6) is -0.631. The molecule has 7 nitrogen and oxygen atoms in total. The van der Waals surface area contributed by atoms with Gasteiger partial charge in [-0.2, -0.15) is 5.26 Å². The monoisotopic (exact) mass is 512 g/mol. The largest absolute Gasteiger partial charge is 0.504 e. The number of phenolic OH excluding ortho intramolecular Hbond substituents is 1. The van der Waals surface area contributed by atoms with Crippen molar-refractivity contribution in [1.29, 1.82) is 5.26 Å². The number of carbonyl (C=O) groups excluding carboxylic acids is 1. The summed E-state index contributed by atoms with van der Waals surface area (Å²) in [6.07, 6.45) is 2.78. The maximum Gasteiger partial charge on any atom is 0.245 e. The van der Waals surface area contributed by atoms with Gasteiger partial charge in [-0.15, -0.1) is 0 Å². The first-order valence-electron chi connectivity index (χ1n) is 12.8. The number of pyridine rings is 1. The molecule has 0 aliphatic carbocycles. The average Bonchev–Trinajstić information content (AvgIpc) is 3.34. The number of hydrogen-bond acceptors (Lipinski definition) is 6. The molecule has 8 heteroatoms. The van der Waals surface area contributed by atoms with Gasteiger partial charge < -0.3 is 19.6 Å². The molecule has 1 aromatic heterocycles. The molecule has 1 spiro atoms. The Morgan fingerprint density at radius 3 is 2.71 bits per heavy atom. The standard InChI is InChI=1S/C30H29FN4O3/c1-4-25(36)35-16-30(17-35)9-10-34(15-30)28-21(13-32)26(22-14-38-29(2,3)12-24(22)33-28)20-11-23(31)27(37)19-8-6-5-7-18(19)20/h4-8,11,37H,1,9-10,12,14-17H2,2-3H3. The molecule has 0 bridgehead atoms. The van der Waals surface area contributed by atoms with E-state index in [0.717, 1.165) is 17.7 Å². The third-order valence-corrected chi connectivity index (χ3v) is 8.19. The molecule has 1 amide bonds. The van der Waals surface area contributed by atoms with E-state index in [1.54, 1.807) is 17.0 Å². The number of aromatic nitrogens is 1. The number of rotatable bonds is 3. The minimum absolute atomic E-state index is 0.0388. The summed E-state index contributed by atoms with van der Waals surface area (Å²) in [6.45, 7) is 10.6. The Hall–Kier alpha value is -3.96. The van der Waals surface area contributed by atoms with Crippen LogP contribution in [0.4, 0.5) is 10.2 Å². The van der Waals surface area contributed by atoms with Crippen LogP contribution in [0, 0.1) is 22.6 Å². The lowest BCUT2D eigenvalue weighted by Gasteiger charge is -2.47. The molecule has 0 unspecified atom stereocenters. The molecule has 3 aliphatic heterocycles. The Labute approximate surface area is 220 Å². The summed E-state index contributed by atoms with van der Waals surface area (Å²) in [6, 6.07) is 10.8. The molecule has 0 saturated carbocycles. The molecule has 2 aromatic carbocycles. The van der Waals surface area contributed by atoms with Crippen LogP contribution >= 0.6 is 0 Å². The van der Waals surface area contributed by atoms with Gasteiger partial charge in [0.05, 0.1) is 17.9 Å². The van der Waals surface area contributed by atoms with E-state index >= 15 is 4.39 Å². The number of phenols is 1. The zero-order valence-electron chi connectivity index (χ0n) is 21.6. The molecule has 1 N–H and O–H groups in total. The van der Waals surface area contributed by atoms with Crippen molar-refractivity contribution in [1.82, 2.24) is 9.88 Å². The quantitative estimate of drug-likeness (QED) is 0.512. The molecule has 3 aliphatic rings. The Balaban J connectivity index is 1.52. The van der Waals surface area contributed by atoms with E-state index in [4.69, 9.17) is 9.72 Å². The van der Waals surface area contributed by atoms with E-state index in [2.05, 4.69) is 17.5 Å². The number of amides is 1. The average molecular weight is 513 g/mol. The van der Waals surface area contributed by atoms with Crippen LogP contribution in [0.5, 0.6) is 5.75 Å². The van der Waals surface area contributed by atoms with Crippen molar-refractivity contribution < 1.29 is 19.0 Å². The van der Waals surface area contributed by atoms with Crippen molar-refractivity contribution in [3.8, 4) is 22.9 Å². The number of nitrogens with zero attached hydrogens (tertiary/aromatic N) is 4. The van der Waals surface area contributed by atoms with Crippen molar-refractivity contribution in [3.63, 3.8) is 0 Å². The number of ether oxygens (including phenoxy) is 1. The Kier molecular flexibility index (Phi) is 5.48. The van der Waals surface area contributed by atoms with Crippen molar-refractivity contribution >= 4 is 22.5 Å². The van der Waals surface area contributed by atoms with Crippen LogP contribution in [0.3, 0.4) is 0 Å². The number of carbonyl (C=O) groups is 1. The second-order valence-corrected chi connectivity index (χ2v) is 11.3. The predicted octanol–water partition coefficient (Wildman–Crippen LogP) is 4.69. The van der Waals surface area contributed by atoms with E-state index in [9.17, 15) is 15.2 Å². The van der Waals surface area contributed by atoms with Gasteiger partial charge in [-0.25, -0.2) is 9.37 Å². The van der Waals surface area contributed by atoms with Gasteiger partial charge >= 0.3 is 0 Å². The van der Waals surface area contributed by atoms with E-state index in [0.29, 0.717) is 65.9 Å². The fraction of sp³-hybridized carbons (Fsp3) is 0.367.